The summed E-state index contributed by atoms with van der Waals surface area (Å²) < 4.78 is 10.6. The van der Waals surface area contributed by atoms with Gasteiger partial charge in [0.05, 0.1) is 37.1 Å². The minimum Gasteiger partial charge on any atom is -0.469 e. The highest BCUT2D eigenvalue weighted by Crippen LogP contribution is 2.33. The van der Waals surface area contributed by atoms with Crippen LogP contribution in [0, 0.1) is 6.92 Å². The molecule has 0 unspecified atom stereocenters. The number of aryl methyl sites for hydroxylation is 1. The van der Waals surface area contributed by atoms with Crippen LogP contribution < -0.4 is 0 Å². The zero-order valence-corrected chi connectivity index (χ0v) is 14.6. The lowest BCUT2D eigenvalue weighted by Crippen LogP contribution is -2.45. The summed E-state index contributed by atoms with van der Waals surface area (Å²) in [5.41, 5.74) is 0.611. The smallest absolute Gasteiger partial charge is 0.257 e. The molecule has 25 heavy (non-hydrogen) atoms. The molecule has 3 aliphatic heterocycles. The molecular weight excluding hydrogens is 322 g/mol. The van der Waals surface area contributed by atoms with E-state index >= 15 is 0 Å². The van der Waals surface area contributed by atoms with Gasteiger partial charge in [-0.05, 0) is 19.4 Å². The number of carbonyl (C=O) groups is 2. The van der Waals surface area contributed by atoms with E-state index in [9.17, 15) is 9.59 Å². The molecule has 1 aromatic heterocycles. The van der Waals surface area contributed by atoms with Crippen LogP contribution in [-0.4, -0.2) is 84.5 Å². The summed E-state index contributed by atoms with van der Waals surface area (Å²) in [6.07, 6.45) is 2.85. The maximum Gasteiger partial charge on any atom is 0.257 e. The Labute approximate surface area is 147 Å². The lowest BCUT2D eigenvalue weighted by atomic mass is 10.1. The van der Waals surface area contributed by atoms with Crippen LogP contribution in [-0.2, 0) is 9.53 Å². The highest BCUT2D eigenvalue weighted by Gasteiger charge is 2.48. The van der Waals surface area contributed by atoms with E-state index < -0.39 is 0 Å². The van der Waals surface area contributed by atoms with E-state index in [-0.39, 0.29) is 23.9 Å². The van der Waals surface area contributed by atoms with Crippen molar-refractivity contribution in [3.8, 4) is 0 Å². The molecule has 0 N–H and O–H groups in total. The second-order valence-electron chi connectivity index (χ2n) is 7.06. The Morgan fingerprint density at radius 2 is 2.00 bits per heavy atom. The molecule has 0 radical (unpaired) electrons. The first-order chi connectivity index (χ1) is 12.1. The van der Waals surface area contributed by atoms with Gasteiger partial charge >= 0.3 is 0 Å². The molecule has 4 rings (SSSR count). The van der Waals surface area contributed by atoms with Crippen molar-refractivity contribution in [2.24, 2.45) is 0 Å². The summed E-state index contributed by atoms with van der Waals surface area (Å²) in [5.74, 6) is 0.799. The van der Waals surface area contributed by atoms with Gasteiger partial charge in [0, 0.05) is 39.1 Å². The zero-order valence-electron chi connectivity index (χ0n) is 14.6. The largest absolute Gasteiger partial charge is 0.469 e. The molecule has 2 atom stereocenters. The summed E-state index contributed by atoms with van der Waals surface area (Å²) in [7, 11) is 0. The topological polar surface area (TPSA) is 66.2 Å². The summed E-state index contributed by atoms with van der Waals surface area (Å²) >= 11 is 0. The Morgan fingerprint density at radius 1 is 1.20 bits per heavy atom. The van der Waals surface area contributed by atoms with Crippen molar-refractivity contribution in [2.75, 3.05) is 45.9 Å². The number of nitrogens with zero attached hydrogens (tertiary/aromatic N) is 3. The molecule has 0 aliphatic carbocycles. The average molecular weight is 347 g/mol. The van der Waals surface area contributed by atoms with Gasteiger partial charge < -0.3 is 19.0 Å². The molecule has 136 valence electrons. The van der Waals surface area contributed by atoms with E-state index in [1.54, 1.807) is 19.3 Å². The third kappa shape index (κ3) is 3.06. The predicted molar refractivity (Wildman–Crippen MR) is 90.3 cm³/mol. The van der Waals surface area contributed by atoms with Crippen molar-refractivity contribution >= 4 is 11.8 Å². The summed E-state index contributed by atoms with van der Waals surface area (Å²) in [5, 5.41) is 0. The van der Waals surface area contributed by atoms with Gasteiger partial charge in [0.1, 0.15) is 5.76 Å². The highest BCUT2D eigenvalue weighted by molar-refractivity contribution is 5.96. The monoisotopic (exact) mass is 347 g/mol. The average Bonchev–Trinajstić information content (AvgIpc) is 3.29. The number of furan rings is 1. The van der Waals surface area contributed by atoms with E-state index in [1.165, 1.54) is 0 Å². The van der Waals surface area contributed by atoms with E-state index in [0.717, 1.165) is 45.8 Å². The van der Waals surface area contributed by atoms with Crippen molar-refractivity contribution in [1.29, 1.82) is 0 Å². The van der Waals surface area contributed by atoms with Gasteiger partial charge in [-0.25, -0.2) is 0 Å². The Hall–Kier alpha value is -1.86. The second kappa shape index (κ2) is 6.80. The fraction of sp³-hybridized carbons (Fsp3) is 0.667. The molecule has 3 aliphatic rings. The van der Waals surface area contributed by atoms with E-state index in [1.807, 2.05) is 9.80 Å². The molecule has 3 saturated heterocycles. The summed E-state index contributed by atoms with van der Waals surface area (Å²) in [6.45, 7) is 7.54. The zero-order chi connectivity index (χ0) is 17.4. The molecule has 0 spiro atoms. The number of likely N-dealkylation sites (tertiary alicyclic amines) is 2. The maximum absolute atomic E-state index is 12.8. The van der Waals surface area contributed by atoms with Gasteiger partial charge in [-0.3, -0.25) is 14.5 Å². The van der Waals surface area contributed by atoms with E-state index in [0.29, 0.717) is 24.3 Å². The van der Waals surface area contributed by atoms with E-state index in [4.69, 9.17) is 9.15 Å². The fourth-order valence-corrected chi connectivity index (χ4v) is 4.31. The Kier molecular flexibility index (Phi) is 4.52. The number of hydrogen-bond acceptors (Lipinski definition) is 5. The third-order valence-electron chi connectivity index (χ3n) is 5.73. The normalized spacial score (nSPS) is 27.2. The number of rotatable bonds is 4. The first-order valence-corrected chi connectivity index (χ1v) is 9.10. The third-order valence-corrected chi connectivity index (χ3v) is 5.73. The molecular formula is C18H25N3O4. The maximum atomic E-state index is 12.8. The number of ether oxygens (including phenoxy) is 1. The molecule has 7 nitrogen and oxygen atoms in total. The first-order valence-electron chi connectivity index (χ1n) is 9.10. The van der Waals surface area contributed by atoms with Crippen molar-refractivity contribution in [2.45, 2.75) is 31.8 Å². The number of carbonyl (C=O) groups excluding carboxylic acids is 2. The summed E-state index contributed by atoms with van der Waals surface area (Å²) in [4.78, 5) is 31.5. The fourth-order valence-electron chi connectivity index (χ4n) is 4.31. The van der Waals surface area contributed by atoms with Crippen LogP contribution in [0.1, 0.15) is 29.0 Å². The molecule has 3 fully saturated rings. The standard InChI is InChI=1S/C18H25N3O4/c1-13-14(3-9-25-13)18(23)21-4-2-15-16(21)12-17(22)20(15)6-5-19-7-10-24-11-8-19/h3,9,15-16H,2,4-8,10-12H2,1H3/t15-,16+/m1/s1. The molecule has 0 bridgehead atoms. The Bertz CT molecular complexity index is 653. The molecule has 1 aromatic rings. The van der Waals surface area contributed by atoms with Gasteiger partial charge in [0.2, 0.25) is 5.91 Å². The molecule has 0 aromatic carbocycles. The summed E-state index contributed by atoms with van der Waals surface area (Å²) in [6, 6.07) is 1.88. The quantitative estimate of drug-likeness (QED) is 0.804. The number of fused-ring (bicyclic) bond motifs is 1. The second-order valence-corrected chi connectivity index (χ2v) is 7.06. The van der Waals surface area contributed by atoms with E-state index in [2.05, 4.69) is 4.90 Å². The number of amides is 2. The minimum atomic E-state index is -0.0124. The molecule has 4 heterocycles. The van der Waals surface area contributed by atoms with Crippen molar-refractivity contribution in [3.05, 3.63) is 23.7 Å². The van der Waals surface area contributed by atoms with Crippen LogP contribution in [0.5, 0.6) is 0 Å². The predicted octanol–water partition coefficient (Wildman–Crippen LogP) is 0.736. The van der Waals surface area contributed by atoms with Crippen LogP contribution >= 0.6 is 0 Å². The van der Waals surface area contributed by atoms with Gasteiger partial charge in [-0.15, -0.1) is 0 Å². The Balaban J connectivity index is 1.40. The van der Waals surface area contributed by atoms with Crippen molar-refractivity contribution in [1.82, 2.24) is 14.7 Å². The lowest BCUT2D eigenvalue weighted by molar-refractivity contribution is -0.129. The van der Waals surface area contributed by atoms with Crippen LogP contribution in [0.25, 0.3) is 0 Å². The van der Waals surface area contributed by atoms with Gasteiger partial charge in [-0.2, -0.15) is 0 Å². The minimum absolute atomic E-state index is 0.000936. The van der Waals surface area contributed by atoms with Gasteiger partial charge in [-0.1, -0.05) is 0 Å². The number of hydrogen-bond donors (Lipinski definition) is 0. The van der Waals surface area contributed by atoms with Crippen LogP contribution in [0.3, 0.4) is 0 Å². The van der Waals surface area contributed by atoms with Crippen LogP contribution in [0.4, 0.5) is 0 Å². The molecule has 2 amide bonds. The molecule has 0 saturated carbocycles. The lowest BCUT2D eigenvalue weighted by Gasteiger charge is -2.30. The van der Waals surface area contributed by atoms with Crippen LogP contribution in [0.2, 0.25) is 0 Å². The van der Waals surface area contributed by atoms with Gasteiger partial charge in [0.15, 0.2) is 0 Å². The first kappa shape index (κ1) is 16.6. The van der Waals surface area contributed by atoms with Gasteiger partial charge in [0.25, 0.3) is 5.91 Å². The molecule has 7 heteroatoms. The van der Waals surface area contributed by atoms with Crippen LogP contribution in [0.15, 0.2) is 16.7 Å². The van der Waals surface area contributed by atoms with Crippen molar-refractivity contribution in [3.63, 3.8) is 0 Å². The SMILES string of the molecule is Cc1occc1C(=O)N1CC[C@@H]2[C@@H]1CC(=O)N2CCN1CCOCC1. The van der Waals surface area contributed by atoms with Crippen molar-refractivity contribution < 1.29 is 18.7 Å². The number of morpholine rings is 1. The Morgan fingerprint density at radius 3 is 2.72 bits per heavy atom. The highest BCUT2D eigenvalue weighted by atomic mass is 16.5.